The Labute approximate surface area is 139 Å². The summed E-state index contributed by atoms with van der Waals surface area (Å²) < 4.78 is 0. The van der Waals surface area contributed by atoms with E-state index in [-0.39, 0.29) is 11.6 Å². The van der Waals surface area contributed by atoms with Gasteiger partial charge in [-0.3, -0.25) is 4.79 Å². The minimum absolute atomic E-state index is 0.0785. The summed E-state index contributed by atoms with van der Waals surface area (Å²) in [6.07, 6.45) is 0.981. The van der Waals surface area contributed by atoms with E-state index in [0.717, 1.165) is 13.0 Å². The van der Waals surface area contributed by atoms with E-state index in [0.29, 0.717) is 21.7 Å². The normalized spacial score (nSPS) is 12.4. The van der Waals surface area contributed by atoms with Gasteiger partial charge in [0.25, 0.3) is 5.56 Å². The van der Waals surface area contributed by atoms with Crippen LogP contribution in [0.3, 0.4) is 0 Å². The van der Waals surface area contributed by atoms with Crippen molar-refractivity contribution in [3.8, 4) is 0 Å². The molecule has 5 heteroatoms. The third-order valence-corrected chi connectivity index (χ3v) is 4.15. The molecule has 0 aliphatic carbocycles. The van der Waals surface area contributed by atoms with Gasteiger partial charge in [0, 0.05) is 11.4 Å². The van der Waals surface area contributed by atoms with Crippen molar-refractivity contribution in [1.29, 1.82) is 0 Å². The van der Waals surface area contributed by atoms with Crippen LogP contribution in [0.2, 0.25) is 5.02 Å². The van der Waals surface area contributed by atoms with Crippen LogP contribution >= 0.6 is 11.6 Å². The van der Waals surface area contributed by atoms with Crippen LogP contribution in [0.5, 0.6) is 0 Å². The van der Waals surface area contributed by atoms with E-state index in [1.54, 1.807) is 18.2 Å². The average molecular weight is 329 g/mol. The minimum atomic E-state index is -0.120. The zero-order chi connectivity index (χ0) is 16.2. The summed E-state index contributed by atoms with van der Waals surface area (Å²) in [6, 6.07) is 15.6. The minimum Gasteiger partial charge on any atom is -0.337 e. The maximum Gasteiger partial charge on any atom is 0.258 e. The molecule has 4 nitrogen and oxygen atoms in total. The van der Waals surface area contributed by atoms with Crippen molar-refractivity contribution in [2.24, 2.45) is 0 Å². The lowest BCUT2D eigenvalue weighted by atomic mass is 10.1. The second-order valence-corrected chi connectivity index (χ2v) is 6.10. The Morgan fingerprint density at radius 1 is 1.22 bits per heavy atom. The number of rotatable bonds is 5. The number of nitrogens with two attached hydrogens (primary N) is 1. The van der Waals surface area contributed by atoms with E-state index in [2.05, 4.69) is 27.4 Å². The highest BCUT2D eigenvalue weighted by Gasteiger charge is 2.13. The molecule has 1 atom stereocenters. The zero-order valence-electron chi connectivity index (χ0n) is 12.9. The molecule has 1 aromatic heterocycles. The van der Waals surface area contributed by atoms with Crippen LogP contribution < -0.4 is 10.9 Å². The molecule has 1 heterocycles. The third kappa shape index (κ3) is 3.78. The molecular weight excluding hydrogens is 310 g/mol. The Kier molecular flexibility index (Phi) is 4.74. The van der Waals surface area contributed by atoms with E-state index in [1.165, 1.54) is 5.56 Å². The van der Waals surface area contributed by atoms with Crippen LogP contribution in [0.4, 0.5) is 0 Å². The van der Waals surface area contributed by atoms with Gasteiger partial charge < -0.3 is 10.3 Å². The quantitative estimate of drug-likeness (QED) is 0.755. The fourth-order valence-electron chi connectivity index (χ4n) is 2.60. The molecule has 2 aromatic carbocycles. The molecule has 0 aliphatic rings. The Morgan fingerprint density at radius 2 is 2.00 bits per heavy atom. The topological polar surface area (TPSA) is 62.4 Å². The van der Waals surface area contributed by atoms with Crippen molar-refractivity contribution >= 4 is 22.5 Å². The Balaban J connectivity index is 1.73. The first kappa shape index (κ1) is 15.7. The van der Waals surface area contributed by atoms with Crippen molar-refractivity contribution in [1.82, 2.24) is 9.97 Å². The van der Waals surface area contributed by atoms with Crippen LogP contribution in [0.25, 0.3) is 10.9 Å². The molecule has 118 valence electrons. The molecular formula is C18H19ClN3O+. The maximum atomic E-state index is 12.2. The van der Waals surface area contributed by atoms with E-state index in [4.69, 9.17) is 11.6 Å². The van der Waals surface area contributed by atoms with Gasteiger partial charge in [-0.05, 0) is 30.7 Å². The van der Waals surface area contributed by atoms with Gasteiger partial charge in [-0.1, -0.05) is 41.9 Å². The van der Waals surface area contributed by atoms with Gasteiger partial charge in [0.05, 0.1) is 17.4 Å². The van der Waals surface area contributed by atoms with E-state index >= 15 is 0 Å². The zero-order valence-corrected chi connectivity index (χ0v) is 13.7. The molecule has 0 spiro atoms. The number of benzene rings is 2. The molecule has 0 aliphatic heterocycles. The molecule has 0 saturated carbocycles. The first-order valence-electron chi connectivity index (χ1n) is 7.70. The van der Waals surface area contributed by atoms with E-state index in [9.17, 15) is 4.79 Å². The van der Waals surface area contributed by atoms with Gasteiger partial charge in [-0.25, -0.2) is 4.98 Å². The summed E-state index contributed by atoms with van der Waals surface area (Å²) in [5, 5.41) is 3.33. The fraction of sp³-hybridized carbons (Fsp3) is 0.222. The number of quaternary nitrogens is 1. The fourth-order valence-corrected chi connectivity index (χ4v) is 2.77. The summed E-state index contributed by atoms with van der Waals surface area (Å²) in [5.74, 6) is 0.679. The predicted octanol–water partition coefficient (Wildman–Crippen LogP) is 2.44. The standard InChI is InChI=1S/C18H18ClN3O/c1-12(20-10-9-13-5-3-2-4-6-13)17-21-16-11-14(19)7-8-15(16)18(23)22-17/h2-8,11-12,20H,9-10H2,1H3,(H,21,22,23)/p+1/t12-/m1/s1. The van der Waals surface area contributed by atoms with Gasteiger partial charge in [0.1, 0.15) is 6.04 Å². The molecule has 0 radical (unpaired) electrons. The Morgan fingerprint density at radius 3 is 2.78 bits per heavy atom. The van der Waals surface area contributed by atoms with E-state index in [1.807, 2.05) is 25.1 Å². The molecule has 0 unspecified atom stereocenters. The smallest absolute Gasteiger partial charge is 0.258 e. The monoisotopic (exact) mass is 328 g/mol. The summed E-state index contributed by atoms with van der Waals surface area (Å²) >= 11 is 5.99. The number of fused-ring (bicyclic) bond motifs is 1. The number of hydrogen-bond donors (Lipinski definition) is 2. The summed E-state index contributed by atoms with van der Waals surface area (Å²) in [4.78, 5) is 19.6. The van der Waals surface area contributed by atoms with Gasteiger partial charge in [-0.2, -0.15) is 0 Å². The van der Waals surface area contributed by atoms with Gasteiger partial charge >= 0.3 is 0 Å². The third-order valence-electron chi connectivity index (χ3n) is 3.91. The molecule has 0 fully saturated rings. The average Bonchev–Trinajstić information content (AvgIpc) is 2.55. The number of aromatic amines is 1. The number of aromatic nitrogens is 2. The number of nitrogens with one attached hydrogen (secondary N) is 1. The van der Waals surface area contributed by atoms with Crippen molar-refractivity contribution in [2.45, 2.75) is 19.4 Å². The van der Waals surface area contributed by atoms with Gasteiger partial charge in [-0.15, -0.1) is 0 Å². The first-order valence-corrected chi connectivity index (χ1v) is 8.08. The molecule has 0 amide bonds. The van der Waals surface area contributed by atoms with Gasteiger partial charge in [0.15, 0.2) is 5.82 Å². The highest BCUT2D eigenvalue weighted by Crippen LogP contribution is 2.15. The van der Waals surface area contributed by atoms with Crippen molar-refractivity contribution < 1.29 is 5.32 Å². The number of hydrogen-bond acceptors (Lipinski definition) is 2. The van der Waals surface area contributed by atoms with E-state index < -0.39 is 0 Å². The van der Waals surface area contributed by atoms with Crippen molar-refractivity contribution in [3.05, 3.63) is 75.3 Å². The lowest BCUT2D eigenvalue weighted by Gasteiger charge is -2.11. The highest BCUT2D eigenvalue weighted by atomic mass is 35.5. The van der Waals surface area contributed by atoms with Crippen LogP contribution in [0.1, 0.15) is 24.4 Å². The SMILES string of the molecule is C[C@@H]([NH2+]CCc1ccccc1)c1nc2cc(Cl)ccc2c(=O)[nH]1. The second kappa shape index (κ2) is 6.94. The molecule has 3 aromatic rings. The Bertz CT molecular complexity index is 861. The van der Waals surface area contributed by atoms with Crippen molar-refractivity contribution in [2.75, 3.05) is 6.54 Å². The molecule has 23 heavy (non-hydrogen) atoms. The lowest BCUT2D eigenvalue weighted by molar-refractivity contribution is -0.693. The van der Waals surface area contributed by atoms with Crippen molar-refractivity contribution in [3.63, 3.8) is 0 Å². The van der Waals surface area contributed by atoms with Crippen LogP contribution in [0.15, 0.2) is 53.3 Å². The van der Waals surface area contributed by atoms with Crippen LogP contribution in [-0.4, -0.2) is 16.5 Å². The number of H-pyrrole nitrogens is 1. The second-order valence-electron chi connectivity index (χ2n) is 5.66. The maximum absolute atomic E-state index is 12.2. The summed E-state index contributed by atoms with van der Waals surface area (Å²) in [5.41, 5.74) is 1.83. The molecule has 3 rings (SSSR count). The summed E-state index contributed by atoms with van der Waals surface area (Å²) in [6.45, 7) is 2.97. The lowest BCUT2D eigenvalue weighted by Crippen LogP contribution is -2.85. The number of nitrogens with zero attached hydrogens (tertiary/aromatic N) is 1. The van der Waals surface area contributed by atoms with Crippen LogP contribution in [0, 0.1) is 0 Å². The predicted molar refractivity (Wildman–Crippen MR) is 92.7 cm³/mol. The first-order chi connectivity index (χ1) is 11.1. The molecule has 0 saturated heterocycles. The largest absolute Gasteiger partial charge is 0.337 e. The number of halogens is 1. The highest BCUT2D eigenvalue weighted by molar-refractivity contribution is 6.31. The Hall–Kier alpha value is -2.17. The van der Waals surface area contributed by atoms with Crippen LogP contribution in [-0.2, 0) is 6.42 Å². The molecule has 3 N–H and O–H groups in total. The van der Waals surface area contributed by atoms with Gasteiger partial charge in [0.2, 0.25) is 0 Å². The molecule has 0 bridgehead atoms. The summed E-state index contributed by atoms with van der Waals surface area (Å²) in [7, 11) is 0.